The second-order valence-electron chi connectivity index (χ2n) is 4.57. The van der Waals surface area contributed by atoms with Crippen molar-refractivity contribution in [3.05, 3.63) is 29.9 Å². The Morgan fingerprint density at radius 3 is 3.12 bits per heavy atom. The van der Waals surface area contributed by atoms with E-state index in [-0.39, 0.29) is 36.0 Å². The van der Waals surface area contributed by atoms with Crippen molar-refractivity contribution >= 4 is 10.9 Å². The van der Waals surface area contributed by atoms with Crippen molar-refractivity contribution in [1.82, 2.24) is 9.88 Å². The summed E-state index contributed by atoms with van der Waals surface area (Å²) in [6.07, 6.45) is 1.19. The number of hydrogen-bond acceptors (Lipinski definition) is 2. The molecule has 1 aliphatic heterocycles. The van der Waals surface area contributed by atoms with E-state index in [2.05, 4.69) is 9.88 Å². The van der Waals surface area contributed by atoms with E-state index >= 15 is 0 Å². The van der Waals surface area contributed by atoms with Gasteiger partial charge in [-0.15, -0.1) is 0 Å². The van der Waals surface area contributed by atoms with Crippen LogP contribution < -0.4 is 4.74 Å². The standard InChI is InChI=1S/C14H18N2O/c1-16-6-5-10(9-16)13-8-15-14-4-3-11(17-2)7-12(13)14/h3-4,7-8,10,15H,5-6,9H2,1-2H3/t10-/m1/s1/i3D,4D,7D,8D. The summed E-state index contributed by atoms with van der Waals surface area (Å²) in [5.41, 5.74) is 1.19. The maximum Gasteiger partial charge on any atom is 0.119 e. The number of likely N-dealkylation sites (tertiary alicyclic amines) is 1. The molecule has 0 saturated carbocycles. The van der Waals surface area contributed by atoms with Gasteiger partial charge < -0.3 is 14.6 Å². The number of ether oxygens (including phenoxy) is 1. The van der Waals surface area contributed by atoms with Crippen LogP contribution in [0.15, 0.2) is 24.3 Å². The third kappa shape index (κ3) is 1.80. The number of aromatic amines is 1. The molecule has 1 aromatic carbocycles. The Morgan fingerprint density at radius 2 is 2.41 bits per heavy atom. The first-order valence-electron chi connectivity index (χ1n) is 7.80. The summed E-state index contributed by atoms with van der Waals surface area (Å²) in [7, 11) is 3.45. The van der Waals surface area contributed by atoms with Crippen molar-refractivity contribution in [2.75, 3.05) is 27.2 Å². The largest absolute Gasteiger partial charge is 0.497 e. The molecule has 1 N–H and O–H groups in total. The van der Waals surface area contributed by atoms with Crippen molar-refractivity contribution in [2.24, 2.45) is 0 Å². The number of methoxy groups -OCH3 is 1. The van der Waals surface area contributed by atoms with Crippen LogP contribution in [0.5, 0.6) is 5.75 Å². The Kier molecular flexibility index (Phi) is 1.69. The van der Waals surface area contributed by atoms with Crippen LogP contribution in [0, 0.1) is 0 Å². The first-order chi connectivity index (χ1) is 9.95. The Hall–Kier alpha value is -1.48. The summed E-state index contributed by atoms with van der Waals surface area (Å²) in [6.45, 7) is 1.81. The molecule has 3 rings (SSSR count). The van der Waals surface area contributed by atoms with Crippen molar-refractivity contribution in [3.8, 4) is 5.75 Å². The third-order valence-electron chi connectivity index (χ3n) is 3.38. The number of nitrogens with one attached hydrogen (secondary N) is 1. The topological polar surface area (TPSA) is 28.3 Å². The Bertz CT molecular complexity index is 713. The van der Waals surface area contributed by atoms with E-state index in [9.17, 15) is 0 Å². The highest BCUT2D eigenvalue weighted by molar-refractivity contribution is 5.85. The zero-order chi connectivity index (χ0) is 15.3. The number of likely N-dealkylation sites (N-methyl/N-ethyl adjacent to an activating group) is 1. The molecule has 2 heterocycles. The fraction of sp³-hybridized carbons (Fsp3) is 0.429. The monoisotopic (exact) mass is 234 g/mol. The lowest BCUT2D eigenvalue weighted by molar-refractivity contribution is 0.411. The number of H-pyrrole nitrogens is 1. The first kappa shape index (κ1) is 7.07. The van der Waals surface area contributed by atoms with Gasteiger partial charge in [0.05, 0.1) is 12.6 Å². The molecule has 0 bridgehead atoms. The van der Waals surface area contributed by atoms with E-state index in [1.807, 2.05) is 7.05 Å². The SMILES string of the molecule is [2H]c1[nH]c2c([2H])c([2H])c(OC)c([2H])c2c1[C@@H]1CCN(C)C1. The van der Waals surface area contributed by atoms with Gasteiger partial charge in [0.2, 0.25) is 0 Å². The van der Waals surface area contributed by atoms with E-state index in [1.54, 1.807) is 0 Å². The van der Waals surface area contributed by atoms with E-state index in [4.69, 9.17) is 10.2 Å². The maximum absolute atomic E-state index is 8.30. The van der Waals surface area contributed by atoms with Gasteiger partial charge in [-0.25, -0.2) is 0 Å². The van der Waals surface area contributed by atoms with Crippen LogP contribution in [0.2, 0.25) is 0 Å². The first-order valence-corrected chi connectivity index (χ1v) is 5.80. The summed E-state index contributed by atoms with van der Waals surface area (Å²) >= 11 is 0. The third-order valence-corrected chi connectivity index (χ3v) is 3.38. The lowest BCUT2D eigenvalue weighted by Crippen LogP contribution is -2.13. The Morgan fingerprint density at radius 1 is 1.53 bits per heavy atom. The molecule has 0 amide bonds. The molecule has 2 aromatic rings. The van der Waals surface area contributed by atoms with Crippen LogP contribution in [0.25, 0.3) is 10.9 Å². The summed E-state index contributed by atoms with van der Waals surface area (Å²) in [5, 5.41) is 0.568. The lowest BCUT2D eigenvalue weighted by atomic mass is 9.98. The molecule has 0 aliphatic carbocycles. The quantitative estimate of drug-likeness (QED) is 0.865. The molecule has 0 spiro atoms. The van der Waals surface area contributed by atoms with Gasteiger partial charge in [-0.3, -0.25) is 0 Å². The molecule has 17 heavy (non-hydrogen) atoms. The second kappa shape index (κ2) is 4.08. The van der Waals surface area contributed by atoms with Gasteiger partial charge >= 0.3 is 0 Å². The van der Waals surface area contributed by atoms with E-state index in [1.165, 1.54) is 7.11 Å². The van der Waals surface area contributed by atoms with Crippen LogP contribution in [-0.2, 0) is 0 Å². The van der Waals surface area contributed by atoms with E-state index < -0.39 is 0 Å². The lowest BCUT2D eigenvalue weighted by Gasteiger charge is -2.09. The van der Waals surface area contributed by atoms with Crippen LogP contribution in [0.4, 0.5) is 0 Å². The predicted molar refractivity (Wildman–Crippen MR) is 69.7 cm³/mol. The molecule has 3 nitrogen and oxygen atoms in total. The van der Waals surface area contributed by atoms with Gasteiger partial charge in [-0.1, -0.05) is 0 Å². The minimum atomic E-state index is -0.105. The number of hydrogen-bond donors (Lipinski definition) is 1. The fourth-order valence-electron chi connectivity index (χ4n) is 2.46. The normalized spacial score (nSPS) is 24.5. The van der Waals surface area contributed by atoms with Crippen molar-refractivity contribution in [1.29, 1.82) is 0 Å². The Labute approximate surface area is 107 Å². The van der Waals surface area contributed by atoms with Gasteiger partial charge in [0, 0.05) is 23.6 Å². The van der Waals surface area contributed by atoms with Gasteiger partial charge in [-0.05, 0) is 49.6 Å². The number of fused-ring (bicyclic) bond motifs is 1. The van der Waals surface area contributed by atoms with Gasteiger partial charge in [0.25, 0.3) is 0 Å². The van der Waals surface area contributed by atoms with Crippen LogP contribution in [0.3, 0.4) is 0 Å². The smallest absolute Gasteiger partial charge is 0.119 e. The molecule has 1 saturated heterocycles. The van der Waals surface area contributed by atoms with Gasteiger partial charge in [0.1, 0.15) is 5.75 Å². The van der Waals surface area contributed by atoms with E-state index in [0.29, 0.717) is 10.9 Å². The highest BCUT2D eigenvalue weighted by Crippen LogP contribution is 2.33. The minimum absolute atomic E-state index is 0.0102. The zero-order valence-electron chi connectivity index (χ0n) is 14.1. The van der Waals surface area contributed by atoms with Gasteiger partial charge in [-0.2, -0.15) is 0 Å². The van der Waals surface area contributed by atoms with Crippen LogP contribution in [0.1, 0.15) is 23.4 Å². The van der Waals surface area contributed by atoms with Gasteiger partial charge in [0.15, 0.2) is 0 Å². The average Bonchev–Trinajstić information content (AvgIpc) is 3.00. The van der Waals surface area contributed by atoms with E-state index in [0.717, 1.165) is 25.1 Å². The molecular formula is C14H18N2O. The molecule has 1 fully saturated rings. The molecular weight excluding hydrogens is 212 g/mol. The summed E-state index contributed by atoms with van der Waals surface area (Å²) in [5.74, 6) is 0.292. The highest BCUT2D eigenvalue weighted by Gasteiger charge is 2.23. The van der Waals surface area contributed by atoms with Crippen molar-refractivity contribution in [2.45, 2.75) is 12.3 Å². The molecule has 0 radical (unpaired) electrons. The number of nitrogens with zero attached hydrogens (tertiary/aromatic N) is 1. The number of rotatable bonds is 2. The Balaban J connectivity index is 2.30. The van der Waals surface area contributed by atoms with Crippen molar-refractivity contribution < 1.29 is 10.2 Å². The van der Waals surface area contributed by atoms with Crippen molar-refractivity contribution in [3.63, 3.8) is 0 Å². The predicted octanol–water partition coefficient (Wildman–Crippen LogP) is 2.60. The molecule has 90 valence electrons. The van der Waals surface area contributed by atoms with Crippen LogP contribution >= 0.6 is 0 Å². The number of aromatic nitrogens is 1. The molecule has 3 heteroatoms. The minimum Gasteiger partial charge on any atom is -0.497 e. The maximum atomic E-state index is 8.30. The number of benzene rings is 1. The highest BCUT2D eigenvalue weighted by atomic mass is 16.5. The average molecular weight is 234 g/mol. The fourth-order valence-corrected chi connectivity index (χ4v) is 2.46. The summed E-state index contributed by atoms with van der Waals surface area (Å²) in [4.78, 5) is 5.08. The zero-order valence-corrected chi connectivity index (χ0v) is 10.1. The molecule has 0 unspecified atom stereocenters. The summed E-state index contributed by atoms with van der Waals surface area (Å²) in [6, 6.07) is -0.0110. The second-order valence-corrected chi connectivity index (χ2v) is 4.57. The molecule has 1 atom stereocenters. The molecule has 1 aromatic heterocycles. The molecule has 1 aliphatic rings. The summed E-state index contributed by atoms with van der Waals surface area (Å²) < 4.78 is 37.6. The van der Waals surface area contributed by atoms with Crippen LogP contribution in [-0.4, -0.2) is 37.1 Å².